The zero-order valence-corrected chi connectivity index (χ0v) is 4.97. The van der Waals surface area contributed by atoms with Crippen LogP contribution < -0.4 is 0 Å². The number of halogens is 2. The lowest BCUT2D eigenvalue weighted by atomic mass is 10.5. The first-order valence-corrected chi connectivity index (χ1v) is 3.28. The summed E-state index contributed by atoms with van der Waals surface area (Å²) < 4.78 is 22.8. The van der Waals surface area contributed by atoms with Gasteiger partial charge in [-0.2, -0.15) is 11.8 Å². The summed E-state index contributed by atoms with van der Waals surface area (Å²) in [6, 6.07) is 0. The van der Waals surface area contributed by atoms with Crippen LogP contribution in [0.5, 0.6) is 0 Å². The number of hydrogen-bond donors (Lipinski definition) is 0. The molecule has 0 aliphatic heterocycles. The van der Waals surface area contributed by atoms with E-state index >= 15 is 0 Å². The van der Waals surface area contributed by atoms with E-state index in [9.17, 15) is 8.78 Å². The van der Waals surface area contributed by atoms with E-state index in [0.29, 0.717) is 0 Å². The molecule has 0 rings (SSSR count). The molecule has 0 aliphatic carbocycles. The third-order valence-corrected chi connectivity index (χ3v) is 1.60. The van der Waals surface area contributed by atoms with Gasteiger partial charge in [0.25, 0.3) is 0 Å². The quantitative estimate of drug-likeness (QED) is 0.554. The average molecular weight is 126 g/mol. The third kappa shape index (κ3) is 2.85. The van der Waals surface area contributed by atoms with Crippen LogP contribution in [0, 0.1) is 0 Å². The molecule has 0 nitrogen and oxygen atoms in total. The summed E-state index contributed by atoms with van der Waals surface area (Å²) in [6.07, 6.45) is 1.70. The maximum Gasteiger partial charge on any atom is 0.104 e. The van der Waals surface area contributed by atoms with Crippen molar-refractivity contribution >= 4 is 11.8 Å². The third-order valence-electron chi connectivity index (χ3n) is 0.678. The molecule has 3 heteroatoms. The SMILES string of the molecule is CSC(CF)CF. The fourth-order valence-electron chi connectivity index (χ4n) is 0.167. The van der Waals surface area contributed by atoms with Gasteiger partial charge in [-0.25, -0.2) is 8.78 Å². The Morgan fingerprint density at radius 1 is 1.43 bits per heavy atom. The molecular weight excluding hydrogens is 118 g/mol. The van der Waals surface area contributed by atoms with Gasteiger partial charge in [-0.3, -0.25) is 0 Å². The van der Waals surface area contributed by atoms with E-state index in [1.54, 1.807) is 6.26 Å². The second-order valence-corrected chi connectivity index (χ2v) is 2.30. The molecule has 0 bridgehead atoms. The lowest BCUT2D eigenvalue weighted by Gasteiger charge is -2.00. The van der Waals surface area contributed by atoms with Gasteiger partial charge in [0.15, 0.2) is 0 Å². The van der Waals surface area contributed by atoms with E-state index in [4.69, 9.17) is 0 Å². The molecule has 0 N–H and O–H groups in total. The zero-order chi connectivity index (χ0) is 5.70. The van der Waals surface area contributed by atoms with E-state index in [2.05, 4.69) is 0 Å². The summed E-state index contributed by atoms with van der Waals surface area (Å²) in [5.74, 6) is 0. The molecule has 0 aliphatic rings. The van der Waals surface area contributed by atoms with Crippen molar-refractivity contribution in [3.63, 3.8) is 0 Å². The van der Waals surface area contributed by atoms with Crippen LogP contribution in [0.1, 0.15) is 0 Å². The van der Waals surface area contributed by atoms with E-state index in [-0.39, 0.29) is 0 Å². The summed E-state index contributed by atoms with van der Waals surface area (Å²) in [4.78, 5) is 0. The number of hydrogen-bond acceptors (Lipinski definition) is 1. The van der Waals surface area contributed by atoms with Crippen LogP contribution in [-0.2, 0) is 0 Å². The van der Waals surface area contributed by atoms with Crippen molar-refractivity contribution in [3.8, 4) is 0 Å². The predicted molar refractivity (Wildman–Crippen MR) is 29.3 cm³/mol. The highest BCUT2D eigenvalue weighted by Gasteiger charge is 2.02. The van der Waals surface area contributed by atoms with E-state index in [0.717, 1.165) is 0 Å². The second kappa shape index (κ2) is 4.37. The van der Waals surface area contributed by atoms with Gasteiger partial charge < -0.3 is 0 Å². The van der Waals surface area contributed by atoms with Gasteiger partial charge in [0.1, 0.15) is 13.3 Å². The van der Waals surface area contributed by atoms with Crippen molar-refractivity contribution in [1.82, 2.24) is 0 Å². The van der Waals surface area contributed by atoms with Crippen molar-refractivity contribution in [3.05, 3.63) is 0 Å². The molecule has 0 radical (unpaired) electrons. The normalized spacial score (nSPS) is 10.3. The predicted octanol–water partition coefficient (Wildman–Crippen LogP) is 1.66. The maximum absolute atomic E-state index is 11.4. The van der Waals surface area contributed by atoms with Crippen LogP contribution in [0.25, 0.3) is 0 Å². The maximum atomic E-state index is 11.4. The Balaban J connectivity index is 2.99. The molecule has 0 fully saturated rings. The standard InChI is InChI=1S/C4H8F2S/c1-7-4(2-5)3-6/h4H,2-3H2,1H3. The van der Waals surface area contributed by atoms with Gasteiger partial charge in [-0.05, 0) is 6.26 Å². The van der Waals surface area contributed by atoms with Crippen LogP contribution in [0.15, 0.2) is 0 Å². The van der Waals surface area contributed by atoms with Crippen LogP contribution in [-0.4, -0.2) is 24.9 Å². The summed E-state index contributed by atoms with van der Waals surface area (Å²) in [7, 11) is 0. The Morgan fingerprint density at radius 2 is 1.86 bits per heavy atom. The summed E-state index contributed by atoms with van der Waals surface area (Å²) in [5.41, 5.74) is 0. The molecule has 0 aromatic carbocycles. The van der Waals surface area contributed by atoms with Crippen LogP contribution in [0.3, 0.4) is 0 Å². The molecule has 0 saturated carbocycles. The molecule has 0 saturated heterocycles. The highest BCUT2D eigenvalue weighted by Crippen LogP contribution is 2.06. The summed E-state index contributed by atoms with van der Waals surface area (Å²) in [6.45, 7) is -1.12. The lowest BCUT2D eigenvalue weighted by Crippen LogP contribution is -2.05. The Kier molecular flexibility index (Phi) is 4.50. The minimum absolute atomic E-state index is 0.431. The molecule has 0 unspecified atom stereocenters. The minimum Gasteiger partial charge on any atom is -0.250 e. The largest absolute Gasteiger partial charge is 0.250 e. The van der Waals surface area contributed by atoms with Crippen molar-refractivity contribution < 1.29 is 8.78 Å². The average Bonchev–Trinajstić information content (AvgIpc) is 1.72. The Labute approximate surface area is 46.3 Å². The fraction of sp³-hybridized carbons (Fsp3) is 1.00. The van der Waals surface area contributed by atoms with Gasteiger partial charge in [0.05, 0.1) is 5.25 Å². The second-order valence-electron chi connectivity index (χ2n) is 1.17. The van der Waals surface area contributed by atoms with Crippen molar-refractivity contribution in [1.29, 1.82) is 0 Å². The fourth-order valence-corrected chi connectivity index (χ4v) is 0.419. The molecule has 0 heterocycles. The Bertz CT molecular complexity index is 31.2. The molecule has 0 atom stereocenters. The Morgan fingerprint density at radius 3 is 1.86 bits per heavy atom. The molecule has 0 spiro atoms. The molecule has 0 aromatic rings. The highest BCUT2D eigenvalue weighted by atomic mass is 32.2. The monoisotopic (exact) mass is 126 g/mol. The van der Waals surface area contributed by atoms with Crippen LogP contribution in [0.2, 0.25) is 0 Å². The first-order chi connectivity index (χ1) is 3.35. The first kappa shape index (κ1) is 7.21. The van der Waals surface area contributed by atoms with Crippen LogP contribution >= 0.6 is 11.8 Å². The van der Waals surface area contributed by atoms with E-state index < -0.39 is 18.6 Å². The highest BCUT2D eigenvalue weighted by molar-refractivity contribution is 7.99. The van der Waals surface area contributed by atoms with Gasteiger partial charge in [0, 0.05) is 0 Å². The number of rotatable bonds is 3. The first-order valence-electron chi connectivity index (χ1n) is 1.99. The van der Waals surface area contributed by atoms with Crippen molar-refractivity contribution in [2.75, 3.05) is 19.6 Å². The van der Waals surface area contributed by atoms with Gasteiger partial charge >= 0.3 is 0 Å². The topological polar surface area (TPSA) is 0 Å². The summed E-state index contributed by atoms with van der Waals surface area (Å²) >= 11 is 1.22. The van der Waals surface area contributed by atoms with E-state index in [1.807, 2.05) is 0 Å². The molecule has 7 heavy (non-hydrogen) atoms. The molecule has 0 aromatic heterocycles. The van der Waals surface area contributed by atoms with Crippen molar-refractivity contribution in [2.24, 2.45) is 0 Å². The zero-order valence-electron chi connectivity index (χ0n) is 4.16. The smallest absolute Gasteiger partial charge is 0.104 e. The summed E-state index contributed by atoms with van der Waals surface area (Å²) in [5, 5.41) is -0.431. The Hall–Kier alpha value is 0.210. The van der Waals surface area contributed by atoms with Gasteiger partial charge in [-0.15, -0.1) is 0 Å². The molecule has 0 amide bonds. The molecular formula is C4H8F2S. The minimum atomic E-state index is -0.558. The number of alkyl halides is 2. The van der Waals surface area contributed by atoms with E-state index in [1.165, 1.54) is 11.8 Å². The van der Waals surface area contributed by atoms with Crippen LogP contribution in [0.4, 0.5) is 8.78 Å². The number of thioether (sulfide) groups is 1. The van der Waals surface area contributed by atoms with Gasteiger partial charge in [-0.1, -0.05) is 0 Å². The van der Waals surface area contributed by atoms with Gasteiger partial charge in [0.2, 0.25) is 0 Å². The molecule has 44 valence electrons. The lowest BCUT2D eigenvalue weighted by molar-refractivity contribution is 0.408. The van der Waals surface area contributed by atoms with Crippen molar-refractivity contribution in [2.45, 2.75) is 5.25 Å².